The zero-order valence-electron chi connectivity index (χ0n) is 12.6. The predicted molar refractivity (Wildman–Crippen MR) is 83.3 cm³/mol. The standard InChI is InChI=1S/C16H16FN5O/c1-22-16(19-20-21-22)18-10-12-6-3-5-9-15(12)23-11-13-7-2-4-8-14(13)17/h2-9H,10-11H2,1H3,(H,18,19,21). The van der Waals surface area contributed by atoms with Crippen LogP contribution in [-0.2, 0) is 20.2 Å². The minimum atomic E-state index is -0.270. The number of nitrogens with zero attached hydrogens (tertiary/aromatic N) is 4. The normalized spacial score (nSPS) is 10.5. The Bertz CT molecular complexity index is 789. The number of nitrogens with one attached hydrogen (secondary N) is 1. The van der Waals surface area contributed by atoms with Crippen LogP contribution in [0.25, 0.3) is 0 Å². The molecule has 0 unspecified atom stereocenters. The summed E-state index contributed by atoms with van der Waals surface area (Å²) < 4.78 is 21.0. The Labute approximate surface area is 132 Å². The van der Waals surface area contributed by atoms with Crippen molar-refractivity contribution in [3.8, 4) is 5.75 Å². The molecular weight excluding hydrogens is 297 g/mol. The molecule has 0 bridgehead atoms. The molecule has 0 fully saturated rings. The summed E-state index contributed by atoms with van der Waals surface area (Å²) in [7, 11) is 1.75. The van der Waals surface area contributed by atoms with Crippen LogP contribution in [0, 0.1) is 5.82 Å². The number of halogens is 1. The molecule has 0 atom stereocenters. The van der Waals surface area contributed by atoms with Gasteiger partial charge in [0, 0.05) is 24.7 Å². The molecule has 0 amide bonds. The number of aryl methyl sites for hydroxylation is 1. The third-order valence-corrected chi connectivity index (χ3v) is 3.37. The fourth-order valence-corrected chi connectivity index (χ4v) is 2.12. The number of para-hydroxylation sites is 1. The molecule has 2 aromatic carbocycles. The van der Waals surface area contributed by atoms with Crippen molar-refractivity contribution < 1.29 is 9.13 Å². The lowest BCUT2D eigenvalue weighted by Gasteiger charge is -2.12. The van der Waals surface area contributed by atoms with Crippen molar-refractivity contribution in [3.63, 3.8) is 0 Å². The Kier molecular flexibility index (Phi) is 4.46. The molecule has 1 heterocycles. The number of tetrazole rings is 1. The van der Waals surface area contributed by atoms with Gasteiger partial charge in [0.2, 0.25) is 5.95 Å². The van der Waals surface area contributed by atoms with Crippen LogP contribution < -0.4 is 10.1 Å². The van der Waals surface area contributed by atoms with Crippen LogP contribution in [0.5, 0.6) is 5.75 Å². The number of rotatable bonds is 6. The van der Waals surface area contributed by atoms with Crippen molar-refractivity contribution in [3.05, 3.63) is 65.5 Å². The fraction of sp³-hybridized carbons (Fsp3) is 0.188. The molecule has 6 nitrogen and oxygen atoms in total. The van der Waals surface area contributed by atoms with E-state index < -0.39 is 0 Å². The van der Waals surface area contributed by atoms with Gasteiger partial charge < -0.3 is 10.1 Å². The first kappa shape index (κ1) is 15.0. The summed E-state index contributed by atoms with van der Waals surface area (Å²) in [6.45, 7) is 0.677. The highest BCUT2D eigenvalue weighted by Gasteiger charge is 2.07. The second kappa shape index (κ2) is 6.87. The maximum Gasteiger partial charge on any atom is 0.242 e. The van der Waals surface area contributed by atoms with Gasteiger partial charge in [-0.2, -0.15) is 0 Å². The first-order valence-corrected chi connectivity index (χ1v) is 7.14. The second-order valence-corrected chi connectivity index (χ2v) is 4.97. The van der Waals surface area contributed by atoms with Crippen molar-refractivity contribution in [2.45, 2.75) is 13.2 Å². The van der Waals surface area contributed by atoms with Gasteiger partial charge in [-0.1, -0.05) is 41.5 Å². The summed E-state index contributed by atoms with van der Waals surface area (Å²) in [6.07, 6.45) is 0. The minimum absolute atomic E-state index is 0.176. The highest BCUT2D eigenvalue weighted by molar-refractivity contribution is 5.36. The van der Waals surface area contributed by atoms with Crippen LogP contribution in [0.4, 0.5) is 10.3 Å². The summed E-state index contributed by atoms with van der Waals surface area (Å²) in [6, 6.07) is 14.2. The topological polar surface area (TPSA) is 64.9 Å². The lowest BCUT2D eigenvalue weighted by molar-refractivity contribution is 0.297. The largest absolute Gasteiger partial charge is 0.488 e. The maximum absolute atomic E-state index is 13.7. The van der Waals surface area contributed by atoms with Crippen molar-refractivity contribution in [2.75, 3.05) is 5.32 Å². The lowest BCUT2D eigenvalue weighted by atomic mass is 10.2. The lowest BCUT2D eigenvalue weighted by Crippen LogP contribution is -2.07. The molecule has 0 saturated carbocycles. The number of benzene rings is 2. The van der Waals surface area contributed by atoms with E-state index in [1.165, 1.54) is 6.07 Å². The van der Waals surface area contributed by atoms with Crippen LogP contribution >= 0.6 is 0 Å². The summed E-state index contributed by atoms with van der Waals surface area (Å²) >= 11 is 0. The quantitative estimate of drug-likeness (QED) is 0.757. The summed E-state index contributed by atoms with van der Waals surface area (Å²) in [5, 5.41) is 14.3. The zero-order valence-corrected chi connectivity index (χ0v) is 12.6. The molecule has 118 valence electrons. The van der Waals surface area contributed by atoms with Crippen molar-refractivity contribution >= 4 is 5.95 Å². The molecule has 0 aliphatic rings. The van der Waals surface area contributed by atoms with Crippen LogP contribution in [0.2, 0.25) is 0 Å². The zero-order chi connectivity index (χ0) is 16.1. The molecule has 7 heteroatoms. The smallest absolute Gasteiger partial charge is 0.242 e. The Hall–Kier alpha value is -2.96. The van der Waals surface area contributed by atoms with Crippen molar-refractivity contribution in [1.29, 1.82) is 0 Å². The van der Waals surface area contributed by atoms with E-state index in [4.69, 9.17) is 4.74 Å². The molecule has 23 heavy (non-hydrogen) atoms. The number of hydrogen-bond donors (Lipinski definition) is 1. The van der Waals surface area contributed by atoms with E-state index in [2.05, 4.69) is 20.8 Å². The minimum Gasteiger partial charge on any atom is -0.488 e. The molecule has 1 N–H and O–H groups in total. The van der Waals surface area contributed by atoms with Gasteiger partial charge in [-0.3, -0.25) is 0 Å². The third-order valence-electron chi connectivity index (χ3n) is 3.37. The highest BCUT2D eigenvalue weighted by Crippen LogP contribution is 2.21. The van der Waals surface area contributed by atoms with Gasteiger partial charge in [0.15, 0.2) is 0 Å². The molecule has 0 aliphatic heterocycles. The first-order valence-electron chi connectivity index (χ1n) is 7.14. The van der Waals surface area contributed by atoms with Crippen LogP contribution in [0.1, 0.15) is 11.1 Å². The van der Waals surface area contributed by atoms with Crippen molar-refractivity contribution in [1.82, 2.24) is 20.2 Å². The van der Waals surface area contributed by atoms with E-state index in [1.54, 1.807) is 29.9 Å². The monoisotopic (exact) mass is 313 g/mol. The Morgan fingerprint density at radius 3 is 2.57 bits per heavy atom. The van der Waals surface area contributed by atoms with E-state index >= 15 is 0 Å². The van der Waals surface area contributed by atoms with E-state index in [9.17, 15) is 4.39 Å². The predicted octanol–water partition coefficient (Wildman–Crippen LogP) is 2.54. The Balaban J connectivity index is 1.68. The van der Waals surface area contributed by atoms with Gasteiger partial charge in [0.25, 0.3) is 0 Å². The highest BCUT2D eigenvalue weighted by atomic mass is 19.1. The number of ether oxygens (including phenoxy) is 1. The Morgan fingerprint density at radius 1 is 1.09 bits per heavy atom. The molecule has 0 saturated heterocycles. The molecule has 0 radical (unpaired) electrons. The van der Waals surface area contributed by atoms with Gasteiger partial charge in [0.05, 0.1) is 0 Å². The Morgan fingerprint density at radius 2 is 1.83 bits per heavy atom. The SMILES string of the molecule is Cn1nnnc1NCc1ccccc1OCc1ccccc1F. The average Bonchev–Trinajstić information content (AvgIpc) is 2.98. The van der Waals surface area contributed by atoms with Gasteiger partial charge in [-0.15, -0.1) is 0 Å². The molecule has 1 aromatic heterocycles. The summed E-state index contributed by atoms with van der Waals surface area (Å²) in [5.74, 6) is 0.987. The van der Waals surface area contributed by atoms with Gasteiger partial charge in [-0.05, 0) is 22.6 Å². The number of anilines is 1. The van der Waals surface area contributed by atoms with Gasteiger partial charge in [0.1, 0.15) is 18.2 Å². The molecule has 0 aliphatic carbocycles. The van der Waals surface area contributed by atoms with Gasteiger partial charge in [-0.25, -0.2) is 9.07 Å². The van der Waals surface area contributed by atoms with E-state index in [-0.39, 0.29) is 12.4 Å². The molecule has 0 spiro atoms. The average molecular weight is 313 g/mol. The van der Waals surface area contributed by atoms with E-state index in [1.807, 2.05) is 24.3 Å². The number of aromatic nitrogens is 4. The van der Waals surface area contributed by atoms with E-state index in [0.29, 0.717) is 23.8 Å². The first-order chi connectivity index (χ1) is 11.2. The second-order valence-electron chi connectivity index (χ2n) is 4.97. The van der Waals surface area contributed by atoms with Crippen LogP contribution in [-0.4, -0.2) is 20.2 Å². The molecule has 3 aromatic rings. The van der Waals surface area contributed by atoms with Crippen LogP contribution in [0.15, 0.2) is 48.5 Å². The fourth-order valence-electron chi connectivity index (χ4n) is 2.12. The van der Waals surface area contributed by atoms with Gasteiger partial charge >= 0.3 is 0 Å². The third kappa shape index (κ3) is 3.63. The summed E-state index contributed by atoms with van der Waals surface area (Å²) in [4.78, 5) is 0. The molecular formula is C16H16FN5O. The van der Waals surface area contributed by atoms with Crippen molar-refractivity contribution in [2.24, 2.45) is 7.05 Å². The number of hydrogen-bond acceptors (Lipinski definition) is 5. The summed E-state index contributed by atoms with van der Waals surface area (Å²) in [5.41, 5.74) is 1.46. The van der Waals surface area contributed by atoms with E-state index in [0.717, 1.165) is 5.56 Å². The van der Waals surface area contributed by atoms with Crippen LogP contribution in [0.3, 0.4) is 0 Å². The molecule has 3 rings (SSSR count). The maximum atomic E-state index is 13.7.